The van der Waals surface area contributed by atoms with Crippen molar-refractivity contribution in [3.63, 3.8) is 0 Å². The fourth-order valence-corrected chi connectivity index (χ4v) is 1.22. The molecular formula is C14H18. The van der Waals surface area contributed by atoms with Crippen molar-refractivity contribution in [1.82, 2.24) is 0 Å². The molecule has 0 heteroatoms. The Morgan fingerprint density at radius 3 is 1.71 bits per heavy atom. The van der Waals surface area contributed by atoms with Crippen LogP contribution >= 0.6 is 0 Å². The Morgan fingerprint density at radius 2 is 1.00 bits per heavy atom. The van der Waals surface area contributed by atoms with E-state index >= 15 is 0 Å². The maximum absolute atomic E-state index is 2.23. The first kappa shape index (κ1) is 10.8. The summed E-state index contributed by atoms with van der Waals surface area (Å²) in [4.78, 5) is 0. The van der Waals surface area contributed by atoms with E-state index in [9.17, 15) is 0 Å². The topological polar surface area (TPSA) is 0 Å². The lowest BCUT2D eigenvalue weighted by Crippen LogP contribution is -1.68. The van der Waals surface area contributed by atoms with Crippen molar-refractivity contribution in [3.05, 3.63) is 60.8 Å². The molecule has 0 spiro atoms. The lowest BCUT2D eigenvalue weighted by Gasteiger charge is -1.89. The summed E-state index contributed by atoms with van der Waals surface area (Å²) in [6.07, 6.45) is 26.0. The molecule has 1 rings (SSSR count). The van der Waals surface area contributed by atoms with Crippen LogP contribution in [0, 0.1) is 0 Å². The highest BCUT2D eigenvalue weighted by Gasteiger charge is 1.79. The average Bonchev–Trinajstić information content (AvgIpc) is 2.22. The summed E-state index contributed by atoms with van der Waals surface area (Å²) in [5.74, 6) is 0. The van der Waals surface area contributed by atoms with Crippen LogP contribution in [0.15, 0.2) is 60.8 Å². The molecule has 0 aromatic carbocycles. The van der Waals surface area contributed by atoms with E-state index in [0.29, 0.717) is 0 Å². The zero-order valence-corrected chi connectivity index (χ0v) is 8.60. The van der Waals surface area contributed by atoms with Crippen molar-refractivity contribution in [2.45, 2.75) is 25.7 Å². The Balaban J connectivity index is 2.45. The molecule has 0 radical (unpaired) electrons. The van der Waals surface area contributed by atoms with Gasteiger partial charge in [0.2, 0.25) is 0 Å². The van der Waals surface area contributed by atoms with Gasteiger partial charge in [0, 0.05) is 0 Å². The fourth-order valence-electron chi connectivity index (χ4n) is 1.22. The van der Waals surface area contributed by atoms with E-state index in [1.807, 2.05) is 0 Å². The summed E-state index contributed by atoms with van der Waals surface area (Å²) in [6, 6.07) is 0. The standard InChI is InChI=1S/C14H18/c1-2-4-6-8-10-12-14-13-11-9-7-5-3-1/h1-6,9,11,13-14H,7-8,10,12H2/b2-1-,5-3+,6-4+,11-9?,14-13?. The normalized spacial score (nSPS) is 25.1. The second kappa shape index (κ2) is 8.31. The maximum atomic E-state index is 2.23. The molecule has 1 aliphatic carbocycles. The zero-order chi connectivity index (χ0) is 9.90. The van der Waals surface area contributed by atoms with Gasteiger partial charge < -0.3 is 0 Å². The van der Waals surface area contributed by atoms with Crippen LogP contribution in [0.25, 0.3) is 0 Å². The van der Waals surface area contributed by atoms with Crippen LogP contribution in [0.5, 0.6) is 0 Å². The van der Waals surface area contributed by atoms with Crippen LogP contribution in [0.2, 0.25) is 0 Å². The van der Waals surface area contributed by atoms with Crippen LogP contribution in [-0.2, 0) is 0 Å². The average molecular weight is 186 g/mol. The second-order valence-corrected chi connectivity index (χ2v) is 3.26. The minimum atomic E-state index is 1.01. The van der Waals surface area contributed by atoms with Crippen LogP contribution < -0.4 is 0 Å². The molecule has 0 aliphatic heterocycles. The Hall–Kier alpha value is -1.30. The van der Waals surface area contributed by atoms with Gasteiger partial charge in [0.15, 0.2) is 0 Å². The molecule has 0 N–H and O–H groups in total. The number of rotatable bonds is 0. The summed E-state index contributed by atoms with van der Waals surface area (Å²) in [5.41, 5.74) is 0. The van der Waals surface area contributed by atoms with E-state index in [1.54, 1.807) is 0 Å². The molecular weight excluding hydrogens is 168 g/mol. The highest BCUT2D eigenvalue weighted by molar-refractivity contribution is 5.13. The SMILES string of the molecule is C1=CC/C=C/C=C\C=C\CCCC=C1. The second-order valence-electron chi connectivity index (χ2n) is 3.26. The minimum absolute atomic E-state index is 1.01. The van der Waals surface area contributed by atoms with Crippen molar-refractivity contribution in [2.24, 2.45) is 0 Å². The third-order valence-corrected chi connectivity index (χ3v) is 2.00. The summed E-state index contributed by atoms with van der Waals surface area (Å²) >= 11 is 0. The lowest BCUT2D eigenvalue weighted by atomic mass is 10.2. The molecule has 14 heavy (non-hydrogen) atoms. The molecule has 0 amide bonds. The molecule has 0 saturated carbocycles. The van der Waals surface area contributed by atoms with E-state index in [-0.39, 0.29) is 0 Å². The van der Waals surface area contributed by atoms with Gasteiger partial charge in [-0.2, -0.15) is 0 Å². The summed E-state index contributed by atoms with van der Waals surface area (Å²) < 4.78 is 0. The van der Waals surface area contributed by atoms with E-state index in [4.69, 9.17) is 0 Å². The molecule has 0 aromatic heterocycles. The molecule has 0 saturated heterocycles. The first-order chi connectivity index (χ1) is 7.00. The first-order valence-electron chi connectivity index (χ1n) is 5.30. The van der Waals surface area contributed by atoms with E-state index in [1.165, 1.54) is 19.3 Å². The van der Waals surface area contributed by atoms with Gasteiger partial charge in [0.05, 0.1) is 0 Å². The smallest absolute Gasteiger partial charge is 0.0163 e. The van der Waals surface area contributed by atoms with Crippen LogP contribution in [0.3, 0.4) is 0 Å². The molecule has 0 heterocycles. The van der Waals surface area contributed by atoms with Crippen molar-refractivity contribution in [3.8, 4) is 0 Å². The molecule has 0 fully saturated rings. The highest BCUT2D eigenvalue weighted by atomic mass is 13.9. The summed E-state index contributed by atoms with van der Waals surface area (Å²) in [5, 5.41) is 0. The van der Waals surface area contributed by atoms with Gasteiger partial charge in [-0.3, -0.25) is 0 Å². The third kappa shape index (κ3) is 6.24. The van der Waals surface area contributed by atoms with Gasteiger partial charge >= 0.3 is 0 Å². The highest BCUT2D eigenvalue weighted by Crippen LogP contribution is 1.99. The Labute approximate surface area is 87.0 Å². The fraction of sp³-hybridized carbons (Fsp3) is 0.286. The van der Waals surface area contributed by atoms with Gasteiger partial charge in [-0.1, -0.05) is 60.8 Å². The quantitative estimate of drug-likeness (QED) is 0.528. The predicted octanol–water partition coefficient (Wildman–Crippen LogP) is 4.34. The predicted molar refractivity (Wildman–Crippen MR) is 64.2 cm³/mol. The molecule has 0 unspecified atom stereocenters. The summed E-state index contributed by atoms with van der Waals surface area (Å²) in [7, 11) is 0. The largest absolute Gasteiger partial charge is 0.0845 e. The first-order valence-corrected chi connectivity index (χ1v) is 5.30. The van der Waals surface area contributed by atoms with Crippen LogP contribution in [-0.4, -0.2) is 0 Å². The molecule has 74 valence electrons. The molecule has 0 bridgehead atoms. The van der Waals surface area contributed by atoms with Crippen molar-refractivity contribution < 1.29 is 0 Å². The number of hydrogen-bond donors (Lipinski definition) is 0. The lowest BCUT2D eigenvalue weighted by molar-refractivity contribution is 0.868. The van der Waals surface area contributed by atoms with Crippen molar-refractivity contribution in [1.29, 1.82) is 0 Å². The maximum Gasteiger partial charge on any atom is -0.0163 e. The monoisotopic (exact) mass is 186 g/mol. The van der Waals surface area contributed by atoms with Crippen LogP contribution in [0.4, 0.5) is 0 Å². The zero-order valence-electron chi connectivity index (χ0n) is 8.60. The van der Waals surface area contributed by atoms with Gasteiger partial charge in [-0.05, 0) is 25.7 Å². The van der Waals surface area contributed by atoms with E-state index in [0.717, 1.165) is 6.42 Å². The Kier molecular flexibility index (Phi) is 6.39. The molecule has 1 aliphatic rings. The molecule has 0 atom stereocenters. The number of allylic oxidation sites excluding steroid dienone is 10. The van der Waals surface area contributed by atoms with E-state index < -0.39 is 0 Å². The van der Waals surface area contributed by atoms with Crippen molar-refractivity contribution >= 4 is 0 Å². The van der Waals surface area contributed by atoms with Crippen LogP contribution in [0.1, 0.15) is 25.7 Å². The minimum Gasteiger partial charge on any atom is -0.0845 e. The number of hydrogen-bond acceptors (Lipinski definition) is 0. The third-order valence-electron chi connectivity index (χ3n) is 2.00. The van der Waals surface area contributed by atoms with Gasteiger partial charge in [-0.15, -0.1) is 0 Å². The van der Waals surface area contributed by atoms with Gasteiger partial charge in [-0.25, -0.2) is 0 Å². The van der Waals surface area contributed by atoms with Crippen molar-refractivity contribution in [2.75, 3.05) is 0 Å². The Morgan fingerprint density at radius 1 is 0.500 bits per heavy atom. The van der Waals surface area contributed by atoms with Gasteiger partial charge in [0.1, 0.15) is 0 Å². The van der Waals surface area contributed by atoms with Gasteiger partial charge in [0.25, 0.3) is 0 Å². The molecule has 0 nitrogen and oxygen atoms in total. The van der Waals surface area contributed by atoms with E-state index in [2.05, 4.69) is 60.8 Å². The summed E-state index contributed by atoms with van der Waals surface area (Å²) in [6.45, 7) is 0. The Bertz CT molecular complexity index is 262. The molecule has 0 aromatic rings.